The lowest BCUT2D eigenvalue weighted by Gasteiger charge is -2.34. The maximum atomic E-state index is 12.6. The fourth-order valence-electron chi connectivity index (χ4n) is 3.88. The van der Waals surface area contributed by atoms with Gasteiger partial charge in [0.25, 0.3) is 0 Å². The maximum Gasteiger partial charge on any atom is 0.225 e. The molecule has 1 amide bonds. The van der Waals surface area contributed by atoms with Crippen molar-refractivity contribution < 1.29 is 4.79 Å². The van der Waals surface area contributed by atoms with E-state index in [2.05, 4.69) is 45.9 Å². The maximum absolute atomic E-state index is 12.6. The third-order valence-corrected chi connectivity index (χ3v) is 5.83. The quantitative estimate of drug-likeness (QED) is 0.209. The van der Waals surface area contributed by atoms with Gasteiger partial charge in [0.1, 0.15) is 5.82 Å². The Morgan fingerprint density at radius 1 is 1.23 bits per heavy atom. The topological polar surface area (TPSA) is 74.6 Å². The molecule has 2 rings (SSSR count). The lowest BCUT2D eigenvalue weighted by molar-refractivity contribution is -0.136. The van der Waals surface area contributed by atoms with Crippen molar-refractivity contribution in [1.29, 1.82) is 0 Å². The van der Waals surface area contributed by atoms with Crippen LogP contribution in [-0.4, -0.2) is 58.5 Å². The first-order valence-electron chi connectivity index (χ1n) is 11.4. The van der Waals surface area contributed by atoms with Crippen LogP contribution in [0.4, 0.5) is 0 Å². The minimum Gasteiger partial charge on any atom is -0.357 e. The molecular formula is C22H41IN6O. The minimum absolute atomic E-state index is 0. The number of nitrogens with zero attached hydrogens (tertiary/aromatic N) is 4. The molecule has 0 radical (unpaired) electrons. The summed E-state index contributed by atoms with van der Waals surface area (Å²) in [7, 11) is 0. The molecule has 0 aliphatic carbocycles. The highest BCUT2D eigenvalue weighted by Crippen LogP contribution is 2.17. The largest absolute Gasteiger partial charge is 0.357 e. The van der Waals surface area contributed by atoms with Crippen LogP contribution >= 0.6 is 24.0 Å². The molecule has 0 unspecified atom stereocenters. The number of nitrogens with one attached hydrogen (secondary N) is 2. The molecule has 1 aromatic heterocycles. The Labute approximate surface area is 199 Å². The average molecular weight is 533 g/mol. The van der Waals surface area contributed by atoms with Gasteiger partial charge in [-0.2, -0.15) is 0 Å². The molecule has 0 saturated carbocycles. The van der Waals surface area contributed by atoms with E-state index in [0.717, 1.165) is 83.0 Å². The highest BCUT2D eigenvalue weighted by Gasteiger charge is 2.26. The number of aryl methyl sites for hydroxylation is 2. The number of aromatic nitrogens is 2. The second-order valence-electron chi connectivity index (χ2n) is 7.89. The fraction of sp³-hybridized carbons (Fsp3) is 0.773. The zero-order valence-electron chi connectivity index (χ0n) is 19.2. The molecule has 172 valence electrons. The van der Waals surface area contributed by atoms with E-state index >= 15 is 0 Å². The number of unbranched alkanes of at least 4 members (excludes halogenated alkanes) is 1. The molecule has 1 aromatic rings. The van der Waals surface area contributed by atoms with E-state index in [1.54, 1.807) is 0 Å². The Balaban J connectivity index is 0.00000450. The molecule has 0 spiro atoms. The third kappa shape index (κ3) is 8.43. The number of halogens is 1. The molecule has 2 N–H and O–H groups in total. The van der Waals surface area contributed by atoms with Crippen molar-refractivity contribution in [2.45, 2.75) is 78.8 Å². The van der Waals surface area contributed by atoms with Crippen LogP contribution in [0.15, 0.2) is 17.4 Å². The van der Waals surface area contributed by atoms with Crippen LogP contribution in [0.5, 0.6) is 0 Å². The summed E-state index contributed by atoms with van der Waals surface area (Å²) >= 11 is 0. The molecule has 8 heteroatoms. The summed E-state index contributed by atoms with van der Waals surface area (Å²) in [5.41, 5.74) is 0. The number of carbonyl (C=O) groups excluding carboxylic acids is 1. The van der Waals surface area contributed by atoms with Gasteiger partial charge in [-0.05, 0) is 52.4 Å². The molecule has 1 aliphatic heterocycles. The number of piperidine rings is 1. The molecule has 7 nitrogen and oxygen atoms in total. The van der Waals surface area contributed by atoms with Crippen LogP contribution in [-0.2, 0) is 11.3 Å². The Hall–Kier alpha value is -1.32. The molecule has 1 aliphatic rings. The second-order valence-corrected chi connectivity index (χ2v) is 7.89. The number of hydrogen-bond acceptors (Lipinski definition) is 3. The first kappa shape index (κ1) is 26.7. The molecule has 0 bridgehead atoms. The van der Waals surface area contributed by atoms with Crippen LogP contribution in [0.3, 0.4) is 0 Å². The van der Waals surface area contributed by atoms with Gasteiger partial charge in [-0.25, -0.2) is 4.98 Å². The van der Waals surface area contributed by atoms with Crippen molar-refractivity contribution in [3.8, 4) is 0 Å². The number of likely N-dealkylation sites (tertiary alicyclic amines) is 1. The van der Waals surface area contributed by atoms with Crippen molar-refractivity contribution in [2.75, 3.05) is 26.2 Å². The first-order chi connectivity index (χ1) is 14.1. The van der Waals surface area contributed by atoms with Gasteiger partial charge in [0.05, 0.1) is 0 Å². The van der Waals surface area contributed by atoms with Crippen molar-refractivity contribution in [3.63, 3.8) is 0 Å². The van der Waals surface area contributed by atoms with E-state index in [-0.39, 0.29) is 29.9 Å². The van der Waals surface area contributed by atoms with E-state index in [1.165, 1.54) is 0 Å². The van der Waals surface area contributed by atoms with Gasteiger partial charge in [0.15, 0.2) is 5.96 Å². The summed E-state index contributed by atoms with van der Waals surface area (Å²) in [4.78, 5) is 23.6. The number of amides is 1. The lowest BCUT2D eigenvalue weighted by Crippen LogP contribution is -2.50. The summed E-state index contributed by atoms with van der Waals surface area (Å²) < 4.78 is 2.18. The zero-order chi connectivity index (χ0) is 21.1. The standard InChI is InChI=1S/C22H40N6O.HI/c1-5-19(6-2)21(29)28-15-10-20(11-16-28)26-22(23-7-3)25-12-8-9-14-27-17-13-24-18(27)4;/h13,17,19-20H,5-12,14-16H2,1-4H3,(H2,23,25,26);1H. The third-order valence-electron chi connectivity index (χ3n) is 5.83. The summed E-state index contributed by atoms with van der Waals surface area (Å²) in [5.74, 6) is 2.49. The van der Waals surface area contributed by atoms with E-state index in [4.69, 9.17) is 4.99 Å². The Bertz CT molecular complexity index is 635. The molecule has 1 saturated heterocycles. The van der Waals surface area contributed by atoms with Gasteiger partial charge < -0.3 is 20.1 Å². The van der Waals surface area contributed by atoms with Crippen LogP contribution in [0.2, 0.25) is 0 Å². The Morgan fingerprint density at radius 3 is 2.50 bits per heavy atom. The number of aliphatic imine (C=N–C) groups is 1. The zero-order valence-corrected chi connectivity index (χ0v) is 21.5. The van der Waals surface area contributed by atoms with Gasteiger partial charge >= 0.3 is 0 Å². The van der Waals surface area contributed by atoms with E-state index in [1.807, 2.05) is 19.3 Å². The Morgan fingerprint density at radius 2 is 1.93 bits per heavy atom. The molecule has 2 heterocycles. The van der Waals surface area contributed by atoms with E-state index < -0.39 is 0 Å². The molecule has 0 aromatic carbocycles. The van der Waals surface area contributed by atoms with Crippen LogP contribution < -0.4 is 10.6 Å². The molecule has 30 heavy (non-hydrogen) atoms. The lowest BCUT2D eigenvalue weighted by atomic mass is 9.98. The van der Waals surface area contributed by atoms with Crippen molar-refractivity contribution in [3.05, 3.63) is 18.2 Å². The summed E-state index contributed by atoms with van der Waals surface area (Å²) in [6, 6.07) is 0.382. The smallest absolute Gasteiger partial charge is 0.225 e. The monoisotopic (exact) mass is 532 g/mol. The highest BCUT2D eigenvalue weighted by molar-refractivity contribution is 14.0. The summed E-state index contributed by atoms with van der Waals surface area (Å²) in [6.45, 7) is 12.7. The number of rotatable bonds is 10. The molecule has 1 fully saturated rings. The van der Waals surface area contributed by atoms with E-state index in [9.17, 15) is 4.79 Å². The average Bonchev–Trinajstić information content (AvgIpc) is 3.14. The second kappa shape index (κ2) is 14.6. The fourth-order valence-corrected chi connectivity index (χ4v) is 3.88. The Kier molecular flexibility index (Phi) is 13.0. The van der Waals surface area contributed by atoms with Crippen molar-refractivity contribution >= 4 is 35.8 Å². The van der Waals surface area contributed by atoms with Gasteiger partial charge in [-0.3, -0.25) is 9.79 Å². The van der Waals surface area contributed by atoms with Crippen molar-refractivity contribution in [1.82, 2.24) is 25.1 Å². The number of guanidine groups is 1. The molecule has 0 atom stereocenters. The van der Waals surface area contributed by atoms with Crippen LogP contribution in [0, 0.1) is 12.8 Å². The highest BCUT2D eigenvalue weighted by atomic mass is 127. The van der Waals surface area contributed by atoms with Gasteiger partial charge in [0, 0.05) is 57.1 Å². The normalized spacial score (nSPS) is 15.2. The van der Waals surface area contributed by atoms with E-state index in [0.29, 0.717) is 11.9 Å². The van der Waals surface area contributed by atoms with Crippen LogP contribution in [0.25, 0.3) is 0 Å². The number of imidazole rings is 1. The van der Waals surface area contributed by atoms with Gasteiger partial charge in [-0.15, -0.1) is 24.0 Å². The predicted octanol–water partition coefficient (Wildman–Crippen LogP) is 3.57. The first-order valence-corrected chi connectivity index (χ1v) is 11.4. The summed E-state index contributed by atoms with van der Waals surface area (Å²) in [6.07, 6.45) is 9.87. The minimum atomic E-state index is 0. The van der Waals surface area contributed by atoms with Gasteiger partial charge in [0.2, 0.25) is 5.91 Å². The SMILES string of the molecule is CCNC(=NCCCCn1ccnc1C)NC1CCN(C(=O)C(CC)CC)CC1.I. The number of carbonyl (C=O) groups is 1. The predicted molar refractivity (Wildman–Crippen MR) is 134 cm³/mol. The molecular weight excluding hydrogens is 491 g/mol. The van der Waals surface area contributed by atoms with Crippen molar-refractivity contribution in [2.24, 2.45) is 10.9 Å². The van der Waals surface area contributed by atoms with Crippen LogP contribution in [0.1, 0.15) is 65.1 Å². The number of hydrogen-bond donors (Lipinski definition) is 2. The summed E-state index contributed by atoms with van der Waals surface area (Å²) in [5, 5.41) is 6.93. The van der Waals surface area contributed by atoms with Gasteiger partial charge in [-0.1, -0.05) is 13.8 Å².